The van der Waals surface area contributed by atoms with E-state index >= 15 is 0 Å². The molecule has 1 aromatic rings. The summed E-state index contributed by atoms with van der Waals surface area (Å²) in [5, 5.41) is 7.12. The van der Waals surface area contributed by atoms with Crippen LogP contribution in [0.15, 0.2) is 6.07 Å². The van der Waals surface area contributed by atoms with E-state index in [0.29, 0.717) is 12.1 Å². The van der Waals surface area contributed by atoms with Crippen LogP contribution in [0.2, 0.25) is 0 Å². The summed E-state index contributed by atoms with van der Waals surface area (Å²) in [6.07, 6.45) is 2.52. The molecule has 3 nitrogen and oxygen atoms in total. The molecule has 0 bridgehead atoms. The number of ether oxygens (including phenoxy) is 1. The number of hydrogen-bond acceptors (Lipinski definition) is 3. The fourth-order valence-electron chi connectivity index (χ4n) is 3.30. The number of aryl methyl sites for hydroxylation is 1. The van der Waals surface area contributed by atoms with Crippen molar-refractivity contribution in [1.82, 2.24) is 10.6 Å². The van der Waals surface area contributed by atoms with E-state index in [9.17, 15) is 0 Å². The summed E-state index contributed by atoms with van der Waals surface area (Å²) >= 11 is 0. The van der Waals surface area contributed by atoms with E-state index in [1.807, 2.05) is 0 Å². The Morgan fingerprint density at radius 2 is 2.05 bits per heavy atom. The molecular formula is C16H26N2O. The van der Waals surface area contributed by atoms with Crippen LogP contribution in [-0.2, 0) is 0 Å². The van der Waals surface area contributed by atoms with Gasteiger partial charge in [0.1, 0.15) is 5.75 Å². The molecule has 0 amide bonds. The summed E-state index contributed by atoms with van der Waals surface area (Å²) in [5.41, 5.74) is 5.35. The Morgan fingerprint density at radius 1 is 1.32 bits per heavy atom. The maximum atomic E-state index is 5.46. The average Bonchev–Trinajstić information content (AvgIpc) is 2.92. The molecule has 2 atom stereocenters. The van der Waals surface area contributed by atoms with Crippen LogP contribution in [0.4, 0.5) is 0 Å². The molecule has 1 fully saturated rings. The van der Waals surface area contributed by atoms with Gasteiger partial charge in [-0.3, -0.25) is 0 Å². The molecule has 1 aliphatic heterocycles. The second kappa shape index (κ2) is 5.93. The molecule has 0 spiro atoms. The fraction of sp³-hybridized carbons (Fsp3) is 0.625. The van der Waals surface area contributed by atoms with Crippen LogP contribution in [-0.4, -0.2) is 26.7 Å². The lowest BCUT2D eigenvalue weighted by Gasteiger charge is -2.28. The van der Waals surface area contributed by atoms with E-state index in [4.69, 9.17) is 4.74 Å². The number of nitrogens with one attached hydrogen (secondary N) is 2. The highest BCUT2D eigenvalue weighted by Gasteiger charge is 2.27. The zero-order valence-electron chi connectivity index (χ0n) is 12.8. The zero-order valence-corrected chi connectivity index (χ0v) is 12.8. The maximum Gasteiger partial charge on any atom is 0.122 e. The Balaban J connectivity index is 2.45. The molecule has 0 radical (unpaired) electrons. The van der Waals surface area contributed by atoms with E-state index in [2.05, 4.69) is 44.5 Å². The van der Waals surface area contributed by atoms with E-state index in [1.54, 1.807) is 7.11 Å². The van der Waals surface area contributed by atoms with Crippen molar-refractivity contribution in [2.75, 3.05) is 20.7 Å². The zero-order chi connectivity index (χ0) is 14.0. The molecule has 19 heavy (non-hydrogen) atoms. The maximum absolute atomic E-state index is 5.46. The van der Waals surface area contributed by atoms with Crippen LogP contribution in [0.5, 0.6) is 5.75 Å². The number of methoxy groups -OCH3 is 1. The molecule has 2 rings (SSSR count). The Kier molecular flexibility index (Phi) is 4.48. The van der Waals surface area contributed by atoms with Gasteiger partial charge in [0.05, 0.1) is 7.11 Å². The number of benzene rings is 1. The van der Waals surface area contributed by atoms with Crippen molar-refractivity contribution < 1.29 is 4.74 Å². The third-order valence-corrected chi connectivity index (χ3v) is 4.45. The van der Waals surface area contributed by atoms with Crippen LogP contribution in [0.1, 0.15) is 41.1 Å². The van der Waals surface area contributed by atoms with Gasteiger partial charge in [-0.15, -0.1) is 0 Å². The lowest BCUT2D eigenvalue weighted by Crippen LogP contribution is -2.37. The van der Waals surface area contributed by atoms with Crippen molar-refractivity contribution in [3.05, 3.63) is 28.3 Å². The highest BCUT2D eigenvalue weighted by atomic mass is 16.5. The van der Waals surface area contributed by atoms with E-state index in [1.165, 1.54) is 35.1 Å². The molecule has 1 aliphatic rings. The molecule has 3 heteroatoms. The van der Waals surface area contributed by atoms with Crippen molar-refractivity contribution in [3.63, 3.8) is 0 Å². The third-order valence-electron chi connectivity index (χ3n) is 4.45. The molecule has 1 heterocycles. The minimum Gasteiger partial charge on any atom is -0.496 e. The third kappa shape index (κ3) is 2.63. The van der Waals surface area contributed by atoms with E-state index < -0.39 is 0 Å². The van der Waals surface area contributed by atoms with Gasteiger partial charge in [0.15, 0.2) is 0 Å². The van der Waals surface area contributed by atoms with Gasteiger partial charge < -0.3 is 15.4 Å². The highest BCUT2D eigenvalue weighted by molar-refractivity contribution is 5.49. The first-order chi connectivity index (χ1) is 9.10. The lowest BCUT2D eigenvalue weighted by atomic mass is 9.88. The summed E-state index contributed by atoms with van der Waals surface area (Å²) < 4.78 is 5.46. The van der Waals surface area contributed by atoms with Crippen LogP contribution < -0.4 is 15.4 Å². The molecule has 0 aromatic heterocycles. The minimum absolute atomic E-state index is 0.382. The van der Waals surface area contributed by atoms with Gasteiger partial charge in [0.2, 0.25) is 0 Å². The SMILES string of the molecule is CNC(c1c(C)cc(OC)c(C)c1C)C1CCCN1. The Labute approximate surface area is 116 Å². The quantitative estimate of drug-likeness (QED) is 0.875. The number of hydrogen-bond donors (Lipinski definition) is 2. The predicted molar refractivity (Wildman–Crippen MR) is 80.0 cm³/mol. The van der Waals surface area contributed by atoms with Crippen molar-refractivity contribution in [3.8, 4) is 5.75 Å². The molecule has 106 valence electrons. The summed E-state index contributed by atoms with van der Waals surface area (Å²) in [4.78, 5) is 0. The van der Waals surface area contributed by atoms with Crippen LogP contribution in [0.25, 0.3) is 0 Å². The summed E-state index contributed by atoms with van der Waals surface area (Å²) in [6, 6.07) is 3.08. The summed E-state index contributed by atoms with van der Waals surface area (Å²) in [7, 11) is 3.80. The van der Waals surface area contributed by atoms with Crippen molar-refractivity contribution in [1.29, 1.82) is 0 Å². The average molecular weight is 262 g/mol. The first kappa shape index (κ1) is 14.4. The van der Waals surface area contributed by atoms with Gasteiger partial charge in [-0.05, 0) is 75.5 Å². The second-order valence-corrected chi connectivity index (χ2v) is 5.53. The summed E-state index contributed by atoms with van der Waals surface area (Å²) in [6.45, 7) is 7.67. The smallest absolute Gasteiger partial charge is 0.122 e. The van der Waals surface area contributed by atoms with Gasteiger partial charge >= 0.3 is 0 Å². The van der Waals surface area contributed by atoms with E-state index in [-0.39, 0.29) is 0 Å². The van der Waals surface area contributed by atoms with Crippen molar-refractivity contribution in [2.45, 2.75) is 45.7 Å². The largest absolute Gasteiger partial charge is 0.496 e. The normalized spacial score (nSPS) is 20.6. The lowest BCUT2D eigenvalue weighted by molar-refractivity contribution is 0.407. The molecular weight excluding hydrogens is 236 g/mol. The molecule has 2 N–H and O–H groups in total. The summed E-state index contributed by atoms with van der Waals surface area (Å²) in [5.74, 6) is 0.994. The van der Waals surface area contributed by atoms with Crippen molar-refractivity contribution in [2.24, 2.45) is 0 Å². The predicted octanol–water partition coefficient (Wildman–Crippen LogP) is 2.63. The highest BCUT2D eigenvalue weighted by Crippen LogP contribution is 2.34. The Bertz CT molecular complexity index is 451. The van der Waals surface area contributed by atoms with Crippen LogP contribution in [0.3, 0.4) is 0 Å². The topological polar surface area (TPSA) is 33.3 Å². The minimum atomic E-state index is 0.382. The first-order valence-electron chi connectivity index (χ1n) is 7.15. The van der Waals surface area contributed by atoms with Crippen LogP contribution in [0, 0.1) is 20.8 Å². The standard InChI is InChI=1S/C16H26N2O/c1-10-9-14(19-5)11(2)12(3)15(10)16(17-4)13-7-6-8-18-13/h9,13,16-18H,6-8H2,1-5H3. The van der Waals surface area contributed by atoms with Gasteiger partial charge in [-0.2, -0.15) is 0 Å². The first-order valence-corrected chi connectivity index (χ1v) is 7.15. The monoisotopic (exact) mass is 262 g/mol. The fourth-order valence-corrected chi connectivity index (χ4v) is 3.30. The molecule has 1 aromatic carbocycles. The van der Waals surface area contributed by atoms with E-state index in [0.717, 1.165) is 12.3 Å². The van der Waals surface area contributed by atoms with Gasteiger partial charge in [0.25, 0.3) is 0 Å². The second-order valence-electron chi connectivity index (χ2n) is 5.53. The Hall–Kier alpha value is -1.06. The molecule has 1 saturated heterocycles. The van der Waals surface area contributed by atoms with Gasteiger partial charge in [-0.1, -0.05) is 0 Å². The number of rotatable bonds is 4. The van der Waals surface area contributed by atoms with Crippen LogP contribution >= 0.6 is 0 Å². The molecule has 0 saturated carbocycles. The number of likely N-dealkylation sites (N-methyl/N-ethyl adjacent to an activating group) is 1. The molecule has 2 unspecified atom stereocenters. The molecule has 0 aliphatic carbocycles. The van der Waals surface area contributed by atoms with Crippen molar-refractivity contribution >= 4 is 0 Å². The van der Waals surface area contributed by atoms with Gasteiger partial charge in [0, 0.05) is 12.1 Å². The Morgan fingerprint density at radius 3 is 2.58 bits per heavy atom. The van der Waals surface area contributed by atoms with Gasteiger partial charge in [-0.25, -0.2) is 0 Å².